The Balaban J connectivity index is 1.59. The monoisotopic (exact) mass is 327 g/mol. The van der Waals surface area contributed by atoms with Gasteiger partial charge in [-0.1, -0.05) is 6.07 Å². The molecule has 1 N–H and O–H groups in total. The molecule has 5 heteroatoms. The molecule has 1 heterocycles. The van der Waals surface area contributed by atoms with Gasteiger partial charge in [-0.3, -0.25) is 4.79 Å². The van der Waals surface area contributed by atoms with Gasteiger partial charge in [-0.25, -0.2) is 0 Å². The number of amides is 1. The van der Waals surface area contributed by atoms with Crippen molar-refractivity contribution in [2.45, 2.75) is 18.9 Å². The Morgan fingerprint density at radius 1 is 1.21 bits per heavy atom. The molecule has 0 spiro atoms. The van der Waals surface area contributed by atoms with E-state index >= 15 is 0 Å². The largest absolute Gasteiger partial charge is 0.497 e. The van der Waals surface area contributed by atoms with Crippen LogP contribution in [0, 0.1) is 0 Å². The van der Waals surface area contributed by atoms with Crippen LogP contribution in [-0.2, 0) is 4.74 Å². The van der Waals surface area contributed by atoms with Gasteiger partial charge < -0.3 is 19.5 Å². The maximum Gasteiger partial charge on any atom is 0.255 e. The Morgan fingerprint density at radius 2 is 2.04 bits per heavy atom. The smallest absolute Gasteiger partial charge is 0.255 e. The molecule has 1 fully saturated rings. The van der Waals surface area contributed by atoms with Crippen molar-refractivity contribution in [3.63, 3.8) is 0 Å². The number of carbonyl (C=O) groups is 1. The van der Waals surface area contributed by atoms with Crippen LogP contribution in [-0.4, -0.2) is 32.3 Å². The molecule has 0 unspecified atom stereocenters. The Hall–Kier alpha value is -2.53. The molecule has 0 bridgehead atoms. The summed E-state index contributed by atoms with van der Waals surface area (Å²) < 4.78 is 16.4. The lowest BCUT2D eigenvalue weighted by molar-refractivity contribution is 0.0680. The molecule has 2 aromatic rings. The fourth-order valence-electron chi connectivity index (χ4n) is 2.57. The number of ether oxygens (including phenoxy) is 3. The molecule has 1 aliphatic rings. The fourth-order valence-corrected chi connectivity index (χ4v) is 2.57. The molecule has 1 saturated heterocycles. The molecule has 126 valence electrons. The zero-order chi connectivity index (χ0) is 16.8. The lowest BCUT2D eigenvalue weighted by Gasteiger charge is -2.12. The van der Waals surface area contributed by atoms with Crippen LogP contribution >= 0.6 is 0 Å². The van der Waals surface area contributed by atoms with Gasteiger partial charge in [0.2, 0.25) is 0 Å². The van der Waals surface area contributed by atoms with Crippen molar-refractivity contribution in [1.29, 1.82) is 0 Å². The van der Waals surface area contributed by atoms with E-state index in [1.54, 1.807) is 31.4 Å². The van der Waals surface area contributed by atoms with Gasteiger partial charge in [-0.05, 0) is 49.2 Å². The number of anilines is 1. The highest BCUT2D eigenvalue weighted by Gasteiger charge is 2.16. The predicted molar refractivity (Wildman–Crippen MR) is 91.9 cm³/mol. The van der Waals surface area contributed by atoms with Crippen molar-refractivity contribution in [3.8, 4) is 11.5 Å². The average molecular weight is 327 g/mol. The number of carbonyl (C=O) groups excluding carboxylic acids is 1. The predicted octanol–water partition coefficient (Wildman–Crippen LogP) is 3.51. The van der Waals surface area contributed by atoms with Gasteiger partial charge in [0.1, 0.15) is 18.1 Å². The molecular weight excluding hydrogens is 306 g/mol. The molecule has 1 aliphatic heterocycles. The summed E-state index contributed by atoms with van der Waals surface area (Å²) in [5.74, 6) is 1.27. The standard InChI is InChI=1S/C19H21NO4/c1-22-16-9-7-14(8-10-16)19(21)20-15-4-2-5-17(12-15)24-13-18-6-3-11-23-18/h2,4-5,7-10,12,18H,3,6,11,13H2,1H3,(H,20,21)/t18-/m0/s1. The maximum atomic E-state index is 12.3. The molecular formula is C19H21NO4. The van der Waals surface area contributed by atoms with Crippen LogP contribution in [0.4, 0.5) is 5.69 Å². The molecule has 0 aromatic heterocycles. The van der Waals surface area contributed by atoms with E-state index < -0.39 is 0 Å². The van der Waals surface area contributed by atoms with Crippen LogP contribution in [0.15, 0.2) is 48.5 Å². The lowest BCUT2D eigenvalue weighted by Crippen LogP contribution is -2.16. The normalized spacial score (nSPS) is 16.6. The van der Waals surface area contributed by atoms with Gasteiger partial charge in [-0.15, -0.1) is 0 Å². The second-order valence-corrected chi connectivity index (χ2v) is 5.66. The van der Waals surface area contributed by atoms with Crippen LogP contribution in [0.2, 0.25) is 0 Å². The molecule has 24 heavy (non-hydrogen) atoms. The number of hydrogen-bond donors (Lipinski definition) is 1. The summed E-state index contributed by atoms with van der Waals surface area (Å²) in [7, 11) is 1.59. The molecule has 0 radical (unpaired) electrons. The first-order chi connectivity index (χ1) is 11.7. The Bertz CT molecular complexity index is 678. The van der Waals surface area contributed by atoms with Gasteiger partial charge in [-0.2, -0.15) is 0 Å². The number of hydrogen-bond acceptors (Lipinski definition) is 4. The minimum Gasteiger partial charge on any atom is -0.497 e. The first-order valence-electron chi connectivity index (χ1n) is 8.04. The molecule has 3 rings (SSSR count). The summed E-state index contributed by atoms with van der Waals surface area (Å²) in [5.41, 5.74) is 1.27. The summed E-state index contributed by atoms with van der Waals surface area (Å²) in [6.07, 6.45) is 2.29. The summed E-state index contributed by atoms with van der Waals surface area (Å²) >= 11 is 0. The number of rotatable bonds is 6. The second-order valence-electron chi connectivity index (χ2n) is 5.66. The van der Waals surface area contributed by atoms with Crippen molar-refractivity contribution in [3.05, 3.63) is 54.1 Å². The first kappa shape index (κ1) is 16.3. The van der Waals surface area contributed by atoms with E-state index in [1.807, 2.05) is 24.3 Å². The van der Waals surface area contributed by atoms with Crippen molar-refractivity contribution in [2.24, 2.45) is 0 Å². The van der Waals surface area contributed by atoms with E-state index in [9.17, 15) is 4.79 Å². The van der Waals surface area contributed by atoms with Crippen molar-refractivity contribution >= 4 is 11.6 Å². The minimum atomic E-state index is -0.172. The molecule has 0 aliphatic carbocycles. The summed E-state index contributed by atoms with van der Waals surface area (Å²) in [6, 6.07) is 14.4. The number of benzene rings is 2. The van der Waals surface area contributed by atoms with Crippen LogP contribution in [0.25, 0.3) is 0 Å². The minimum absolute atomic E-state index is 0.169. The van der Waals surface area contributed by atoms with Gasteiger partial charge in [0, 0.05) is 23.9 Å². The van der Waals surface area contributed by atoms with Crippen LogP contribution in [0.5, 0.6) is 11.5 Å². The fraction of sp³-hybridized carbons (Fsp3) is 0.316. The maximum absolute atomic E-state index is 12.3. The Morgan fingerprint density at radius 3 is 2.75 bits per heavy atom. The van der Waals surface area contributed by atoms with Gasteiger partial charge in [0.15, 0.2) is 0 Å². The van der Waals surface area contributed by atoms with E-state index in [4.69, 9.17) is 14.2 Å². The van der Waals surface area contributed by atoms with Crippen LogP contribution < -0.4 is 14.8 Å². The third kappa shape index (κ3) is 4.26. The quantitative estimate of drug-likeness (QED) is 0.882. The Kier molecular flexibility index (Phi) is 5.33. The zero-order valence-electron chi connectivity index (χ0n) is 13.7. The van der Waals surface area contributed by atoms with Crippen LogP contribution in [0.1, 0.15) is 23.2 Å². The molecule has 1 amide bonds. The summed E-state index contributed by atoms with van der Waals surface area (Å²) in [4.78, 5) is 12.3. The van der Waals surface area contributed by atoms with E-state index in [2.05, 4.69) is 5.32 Å². The van der Waals surface area contributed by atoms with Crippen molar-refractivity contribution < 1.29 is 19.0 Å². The third-order valence-electron chi connectivity index (χ3n) is 3.90. The molecule has 0 saturated carbocycles. The highest BCUT2D eigenvalue weighted by molar-refractivity contribution is 6.04. The molecule has 5 nitrogen and oxygen atoms in total. The summed E-state index contributed by atoms with van der Waals surface area (Å²) in [6.45, 7) is 1.35. The van der Waals surface area contributed by atoms with Gasteiger partial charge in [0.05, 0.1) is 13.2 Å². The van der Waals surface area contributed by atoms with E-state index in [0.717, 1.165) is 30.9 Å². The SMILES string of the molecule is COc1ccc(C(=O)Nc2cccc(OC[C@@H]3CCCO3)c2)cc1. The highest BCUT2D eigenvalue weighted by atomic mass is 16.5. The first-order valence-corrected chi connectivity index (χ1v) is 8.04. The average Bonchev–Trinajstić information content (AvgIpc) is 3.14. The zero-order valence-corrected chi connectivity index (χ0v) is 13.7. The van der Waals surface area contributed by atoms with Crippen molar-refractivity contribution in [2.75, 3.05) is 25.6 Å². The number of nitrogens with one attached hydrogen (secondary N) is 1. The van der Waals surface area contributed by atoms with Gasteiger partial charge in [0.25, 0.3) is 5.91 Å². The Labute approximate surface area is 141 Å². The topological polar surface area (TPSA) is 56.8 Å². The van der Waals surface area contributed by atoms with Crippen LogP contribution in [0.3, 0.4) is 0 Å². The second kappa shape index (κ2) is 7.84. The lowest BCUT2D eigenvalue weighted by atomic mass is 10.2. The van der Waals surface area contributed by atoms with E-state index in [-0.39, 0.29) is 12.0 Å². The van der Waals surface area contributed by atoms with Crippen molar-refractivity contribution in [1.82, 2.24) is 0 Å². The highest BCUT2D eigenvalue weighted by Crippen LogP contribution is 2.20. The third-order valence-corrected chi connectivity index (χ3v) is 3.90. The number of methoxy groups -OCH3 is 1. The molecule has 2 aromatic carbocycles. The van der Waals surface area contributed by atoms with E-state index in [1.165, 1.54) is 0 Å². The summed E-state index contributed by atoms with van der Waals surface area (Å²) in [5, 5.41) is 2.87. The molecule has 1 atom stereocenters. The van der Waals surface area contributed by atoms with Gasteiger partial charge >= 0.3 is 0 Å². The van der Waals surface area contributed by atoms with E-state index in [0.29, 0.717) is 17.9 Å².